The van der Waals surface area contributed by atoms with Gasteiger partial charge in [0.2, 0.25) is 0 Å². The molecule has 0 saturated carbocycles. The first-order valence-corrected chi connectivity index (χ1v) is 11.9. The summed E-state index contributed by atoms with van der Waals surface area (Å²) in [4.78, 5) is 17.2. The third-order valence-corrected chi connectivity index (χ3v) is 7.52. The van der Waals surface area contributed by atoms with Crippen LogP contribution in [0.2, 0.25) is 0 Å². The molecular formula is C30H32N2O2. The van der Waals surface area contributed by atoms with E-state index in [2.05, 4.69) is 63.5 Å². The minimum Gasteiger partial charge on any atom is -0.465 e. The van der Waals surface area contributed by atoms with Crippen molar-refractivity contribution in [2.75, 3.05) is 7.11 Å². The van der Waals surface area contributed by atoms with Crippen LogP contribution >= 0.6 is 0 Å². The molecule has 0 bridgehead atoms. The predicted octanol–water partition coefficient (Wildman–Crippen LogP) is 7.14. The molecule has 174 valence electrons. The molecule has 0 spiro atoms. The number of aromatic nitrogens is 2. The second kappa shape index (κ2) is 7.83. The predicted molar refractivity (Wildman–Crippen MR) is 138 cm³/mol. The summed E-state index contributed by atoms with van der Waals surface area (Å²) in [5.41, 5.74) is 8.77. The second-order valence-electron chi connectivity index (χ2n) is 10.8. The lowest BCUT2D eigenvalue weighted by Crippen LogP contribution is -2.34. The van der Waals surface area contributed by atoms with E-state index in [1.165, 1.54) is 30.2 Å². The van der Waals surface area contributed by atoms with E-state index in [-0.39, 0.29) is 16.8 Å². The average Bonchev–Trinajstić information content (AvgIpc) is 3.20. The molecule has 0 radical (unpaired) electrons. The zero-order valence-corrected chi connectivity index (χ0v) is 20.9. The number of hydrogen-bond acceptors (Lipinski definition) is 3. The summed E-state index contributed by atoms with van der Waals surface area (Å²) in [6, 6.07) is 20.6. The highest BCUT2D eigenvalue weighted by Crippen LogP contribution is 2.47. The van der Waals surface area contributed by atoms with Crippen molar-refractivity contribution in [1.82, 2.24) is 9.55 Å². The van der Waals surface area contributed by atoms with E-state index >= 15 is 0 Å². The largest absolute Gasteiger partial charge is 0.465 e. The van der Waals surface area contributed by atoms with Gasteiger partial charge in [0, 0.05) is 5.56 Å². The minimum absolute atomic E-state index is 0.106. The van der Waals surface area contributed by atoms with Crippen molar-refractivity contribution < 1.29 is 9.53 Å². The van der Waals surface area contributed by atoms with Gasteiger partial charge >= 0.3 is 5.97 Å². The molecule has 0 saturated heterocycles. The topological polar surface area (TPSA) is 44.1 Å². The van der Waals surface area contributed by atoms with Gasteiger partial charge in [-0.25, -0.2) is 9.78 Å². The van der Waals surface area contributed by atoms with Gasteiger partial charge in [-0.05, 0) is 71.6 Å². The summed E-state index contributed by atoms with van der Waals surface area (Å²) >= 11 is 0. The van der Waals surface area contributed by atoms with E-state index in [1.54, 1.807) is 0 Å². The highest BCUT2D eigenvalue weighted by atomic mass is 16.5. The Hall–Kier alpha value is -3.40. The van der Waals surface area contributed by atoms with Crippen LogP contribution < -0.4 is 0 Å². The van der Waals surface area contributed by atoms with E-state index < -0.39 is 0 Å². The average molecular weight is 453 g/mol. The summed E-state index contributed by atoms with van der Waals surface area (Å²) in [6.07, 6.45) is 2.35. The maximum absolute atomic E-state index is 12.2. The lowest BCUT2D eigenvalue weighted by molar-refractivity contribution is 0.0601. The van der Waals surface area contributed by atoms with Crippen molar-refractivity contribution in [3.63, 3.8) is 0 Å². The maximum atomic E-state index is 12.2. The molecule has 1 aromatic heterocycles. The molecule has 0 N–H and O–H groups in total. The van der Waals surface area contributed by atoms with Gasteiger partial charge < -0.3 is 4.74 Å². The summed E-state index contributed by atoms with van der Waals surface area (Å²) < 4.78 is 7.19. The number of benzene rings is 3. The number of nitrogens with zero attached hydrogens (tertiary/aromatic N) is 2. The zero-order valence-electron chi connectivity index (χ0n) is 20.9. The Bertz CT molecular complexity index is 1410. The number of ether oxygens (including phenoxy) is 1. The molecule has 0 atom stereocenters. The van der Waals surface area contributed by atoms with E-state index in [0.717, 1.165) is 34.5 Å². The fraction of sp³-hybridized carbons (Fsp3) is 0.333. The molecule has 5 rings (SSSR count). The highest BCUT2D eigenvalue weighted by molar-refractivity contribution is 5.95. The van der Waals surface area contributed by atoms with E-state index in [1.807, 2.05) is 36.4 Å². The molecular weight excluding hydrogens is 420 g/mol. The number of esters is 1. The Morgan fingerprint density at radius 3 is 2.21 bits per heavy atom. The number of hydrogen-bond donors (Lipinski definition) is 0. The maximum Gasteiger partial charge on any atom is 0.337 e. The molecule has 1 aliphatic carbocycles. The van der Waals surface area contributed by atoms with E-state index in [9.17, 15) is 4.79 Å². The molecule has 4 nitrogen and oxygen atoms in total. The van der Waals surface area contributed by atoms with Crippen molar-refractivity contribution >= 4 is 17.0 Å². The first kappa shape index (κ1) is 22.4. The van der Waals surface area contributed by atoms with Crippen LogP contribution in [0, 0.1) is 6.92 Å². The third kappa shape index (κ3) is 3.53. The van der Waals surface area contributed by atoms with Gasteiger partial charge in [-0.15, -0.1) is 0 Å². The van der Waals surface area contributed by atoms with Gasteiger partial charge in [-0.2, -0.15) is 0 Å². The SMILES string of the molecule is COC(=O)c1ccc2c(c1)nc(-c1ccccc1)n2-c1cc2c(cc1C)C(C)(C)CCC2(C)C. The van der Waals surface area contributed by atoms with Gasteiger partial charge in [-0.3, -0.25) is 4.57 Å². The van der Waals surface area contributed by atoms with Crippen LogP contribution in [0.1, 0.15) is 67.6 Å². The first-order valence-electron chi connectivity index (χ1n) is 11.9. The molecule has 3 aromatic carbocycles. The zero-order chi connectivity index (χ0) is 24.3. The number of methoxy groups -OCH3 is 1. The Morgan fingerprint density at radius 2 is 1.56 bits per heavy atom. The Balaban J connectivity index is 1.82. The standard InChI is InChI=1S/C30H32N2O2/c1-19-16-22-23(30(4,5)15-14-29(22,2)3)18-26(19)32-25-13-12-21(28(33)34-6)17-24(25)31-27(32)20-10-8-7-9-11-20/h7-13,16-18H,14-15H2,1-6H3. The lowest BCUT2D eigenvalue weighted by Gasteiger charge is -2.42. The summed E-state index contributed by atoms with van der Waals surface area (Å²) in [5, 5.41) is 0. The number of imidazole rings is 1. The normalized spacial score (nSPS) is 16.3. The van der Waals surface area contributed by atoms with Gasteiger partial charge in [0.15, 0.2) is 0 Å². The fourth-order valence-electron chi connectivity index (χ4n) is 5.30. The fourth-order valence-corrected chi connectivity index (χ4v) is 5.30. The van der Waals surface area contributed by atoms with Crippen LogP contribution in [0.5, 0.6) is 0 Å². The van der Waals surface area contributed by atoms with Gasteiger partial charge in [0.25, 0.3) is 0 Å². The van der Waals surface area contributed by atoms with Crippen molar-refractivity contribution in [2.24, 2.45) is 0 Å². The Labute approximate surface area is 201 Å². The highest BCUT2D eigenvalue weighted by Gasteiger charge is 2.37. The van der Waals surface area contributed by atoms with Crippen LogP contribution in [-0.4, -0.2) is 22.6 Å². The van der Waals surface area contributed by atoms with Crippen LogP contribution in [0.25, 0.3) is 28.1 Å². The first-order chi connectivity index (χ1) is 16.1. The molecule has 0 aliphatic heterocycles. The number of carbonyl (C=O) groups is 1. The number of fused-ring (bicyclic) bond motifs is 2. The number of aryl methyl sites for hydroxylation is 1. The molecule has 4 aromatic rings. The molecule has 34 heavy (non-hydrogen) atoms. The monoisotopic (exact) mass is 452 g/mol. The molecule has 0 amide bonds. The summed E-state index contributed by atoms with van der Waals surface area (Å²) in [6.45, 7) is 11.6. The molecule has 1 aliphatic rings. The quantitative estimate of drug-likeness (QED) is 0.310. The van der Waals surface area contributed by atoms with Gasteiger partial charge in [-0.1, -0.05) is 64.1 Å². The minimum atomic E-state index is -0.355. The van der Waals surface area contributed by atoms with Crippen LogP contribution in [0.15, 0.2) is 60.7 Å². The number of carbonyl (C=O) groups excluding carboxylic acids is 1. The van der Waals surface area contributed by atoms with Crippen LogP contribution in [-0.2, 0) is 15.6 Å². The summed E-state index contributed by atoms with van der Waals surface area (Å²) in [5.74, 6) is 0.514. The molecule has 1 heterocycles. The van der Waals surface area contributed by atoms with Crippen molar-refractivity contribution in [1.29, 1.82) is 0 Å². The van der Waals surface area contributed by atoms with Crippen LogP contribution in [0.4, 0.5) is 0 Å². The second-order valence-corrected chi connectivity index (χ2v) is 10.8. The van der Waals surface area contributed by atoms with E-state index in [4.69, 9.17) is 9.72 Å². The van der Waals surface area contributed by atoms with Crippen molar-refractivity contribution in [3.8, 4) is 17.1 Å². The van der Waals surface area contributed by atoms with Gasteiger partial charge in [0.1, 0.15) is 5.82 Å². The molecule has 0 unspecified atom stereocenters. The Morgan fingerprint density at radius 1 is 0.912 bits per heavy atom. The summed E-state index contributed by atoms with van der Waals surface area (Å²) in [7, 11) is 1.40. The van der Waals surface area contributed by atoms with Crippen molar-refractivity contribution in [2.45, 2.75) is 58.3 Å². The van der Waals surface area contributed by atoms with Crippen molar-refractivity contribution in [3.05, 3.63) is 82.9 Å². The lowest BCUT2D eigenvalue weighted by atomic mass is 9.63. The molecule has 4 heteroatoms. The third-order valence-electron chi connectivity index (χ3n) is 7.52. The molecule has 0 fully saturated rings. The van der Waals surface area contributed by atoms with Gasteiger partial charge in [0.05, 0.1) is 29.4 Å². The van der Waals surface area contributed by atoms with E-state index in [0.29, 0.717) is 5.56 Å². The Kier molecular flexibility index (Phi) is 5.16. The smallest absolute Gasteiger partial charge is 0.337 e. The van der Waals surface area contributed by atoms with Crippen LogP contribution in [0.3, 0.4) is 0 Å². The number of rotatable bonds is 3.